The van der Waals surface area contributed by atoms with Gasteiger partial charge in [0, 0.05) is 18.1 Å². The van der Waals surface area contributed by atoms with E-state index in [-0.39, 0.29) is 16.7 Å². The summed E-state index contributed by atoms with van der Waals surface area (Å²) in [5.41, 5.74) is 2.82. The third-order valence-corrected chi connectivity index (χ3v) is 8.43. The maximum Gasteiger partial charge on any atom is 0.253 e. The fourth-order valence-corrected chi connectivity index (χ4v) is 6.22. The van der Waals surface area contributed by atoms with E-state index in [2.05, 4.69) is 5.32 Å². The lowest BCUT2D eigenvalue weighted by Crippen LogP contribution is -2.52. The van der Waals surface area contributed by atoms with E-state index in [0.717, 1.165) is 28.0 Å². The van der Waals surface area contributed by atoms with Crippen molar-refractivity contribution in [2.75, 3.05) is 0 Å². The Bertz CT molecular complexity index is 1110. The molecule has 2 heterocycles. The summed E-state index contributed by atoms with van der Waals surface area (Å²) < 4.78 is 28.0. The van der Waals surface area contributed by atoms with Gasteiger partial charge >= 0.3 is 0 Å². The summed E-state index contributed by atoms with van der Waals surface area (Å²) in [4.78, 5) is 13.0. The zero-order chi connectivity index (χ0) is 20.4. The first-order valence-electron chi connectivity index (χ1n) is 9.09. The van der Waals surface area contributed by atoms with Crippen molar-refractivity contribution in [3.05, 3.63) is 87.8 Å². The van der Waals surface area contributed by atoms with Gasteiger partial charge in [-0.1, -0.05) is 54.1 Å². The molecule has 2 aromatic carbocycles. The van der Waals surface area contributed by atoms with Crippen LogP contribution < -0.4 is 5.32 Å². The Hall–Kier alpha value is -2.19. The van der Waals surface area contributed by atoms with Gasteiger partial charge < -0.3 is 5.32 Å². The topological polar surface area (TPSA) is 66.5 Å². The Balaban J connectivity index is 1.61. The zero-order valence-corrected chi connectivity index (χ0v) is 17.8. The highest BCUT2D eigenvalue weighted by molar-refractivity contribution is 7.91. The number of nitrogens with zero attached hydrogens (tertiary/aromatic N) is 1. The van der Waals surface area contributed by atoms with Crippen LogP contribution in [0.4, 0.5) is 0 Å². The molecule has 29 heavy (non-hydrogen) atoms. The third-order valence-electron chi connectivity index (χ3n) is 4.95. The molecule has 0 saturated carbocycles. The van der Waals surface area contributed by atoms with Crippen LogP contribution in [0, 0.1) is 0 Å². The van der Waals surface area contributed by atoms with Crippen LogP contribution in [0.15, 0.2) is 70.3 Å². The average molecular weight is 447 g/mol. The van der Waals surface area contributed by atoms with E-state index in [0.29, 0.717) is 18.0 Å². The van der Waals surface area contributed by atoms with E-state index >= 15 is 0 Å². The van der Waals surface area contributed by atoms with Gasteiger partial charge in [0.2, 0.25) is 5.91 Å². The summed E-state index contributed by atoms with van der Waals surface area (Å²) in [6.45, 7) is 0.483. The molecule has 5 nitrogen and oxygen atoms in total. The lowest BCUT2D eigenvalue weighted by molar-refractivity contribution is -0.125. The van der Waals surface area contributed by atoms with Gasteiger partial charge in [-0.3, -0.25) is 4.79 Å². The number of hydrogen-bond donors (Lipinski definition) is 1. The van der Waals surface area contributed by atoms with Crippen LogP contribution in [0.25, 0.3) is 0 Å². The average Bonchev–Trinajstić information content (AvgIpc) is 3.28. The zero-order valence-electron chi connectivity index (χ0n) is 15.4. The summed E-state index contributed by atoms with van der Waals surface area (Å²) in [5.74, 6) is -0.311. The second kappa shape index (κ2) is 8.28. The minimum atomic E-state index is -3.77. The smallest absolute Gasteiger partial charge is 0.253 e. The molecule has 1 aliphatic heterocycles. The molecule has 1 atom stereocenters. The van der Waals surface area contributed by atoms with E-state index in [1.54, 1.807) is 29.6 Å². The Kier molecular flexibility index (Phi) is 5.74. The van der Waals surface area contributed by atoms with Crippen LogP contribution >= 0.6 is 22.9 Å². The van der Waals surface area contributed by atoms with E-state index in [4.69, 9.17) is 11.6 Å². The van der Waals surface area contributed by atoms with Crippen LogP contribution in [0.3, 0.4) is 0 Å². The van der Waals surface area contributed by atoms with E-state index in [1.165, 1.54) is 4.31 Å². The van der Waals surface area contributed by atoms with Crippen molar-refractivity contribution < 1.29 is 13.2 Å². The molecule has 1 aromatic heterocycles. The molecule has 3 aromatic rings. The molecule has 0 saturated heterocycles. The van der Waals surface area contributed by atoms with E-state index in [1.807, 2.05) is 36.4 Å². The third kappa shape index (κ3) is 4.23. The predicted octanol–water partition coefficient (Wildman–Crippen LogP) is 3.83. The number of thiophene rings is 1. The summed E-state index contributed by atoms with van der Waals surface area (Å²) in [7, 11) is -3.77. The summed E-state index contributed by atoms with van der Waals surface area (Å²) in [5, 5.41) is 5.23. The first kappa shape index (κ1) is 20.1. The molecule has 1 amide bonds. The van der Waals surface area contributed by atoms with Crippen LogP contribution in [0.5, 0.6) is 0 Å². The number of carbonyl (C=O) groups excluding carboxylic acids is 1. The minimum absolute atomic E-state index is 0.176. The molecule has 1 N–H and O–H groups in total. The van der Waals surface area contributed by atoms with E-state index < -0.39 is 16.1 Å². The molecule has 1 aliphatic rings. The Morgan fingerprint density at radius 1 is 1.07 bits per heavy atom. The second-order valence-corrected chi connectivity index (χ2v) is 10.3. The highest BCUT2D eigenvalue weighted by atomic mass is 35.5. The number of halogens is 1. The number of nitrogens with one attached hydrogen (secondary N) is 1. The number of sulfonamides is 1. The molecule has 8 heteroatoms. The molecule has 4 rings (SSSR count). The normalized spacial score (nSPS) is 16.9. The van der Waals surface area contributed by atoms with Crippen molar-refractivity contribution >= 4 is 38.9 Å². The first-order valence-corrected chi connectivity index (χ1v) is 11.8. The van der Waals surface area contributed by atoms with Gasteiger partial charge in [0.05, 0.1) is 0 Å². The van der Waals surface area contributed by atoms with Crippen LogP contribution in [-0.4, -0.2) is 24.7 Å². The number of amides is 1. The van der Waals surface area contributed by atoms with Gasteiger partial charge in [-0.2, -0.15) is 4.31 Å². The van der Waals surface area contributed by atoms with Crippen molar-refractivity contribution in [2.45, 2.75) is 29.8 Å². The Morgan fingerprint density at radius 2 is 1.79 bits per heavy atom. The maximum absolute atomic E-state index is 13.2. The quantitative estimate of drug-likeness (QED) is 0.647. The summed E-state index contributed by atoms with van der Waals surface area (Å²) >= 11 is 7.06. The molecule has 0 aliphatic carbocycles. The largest absolute Gasteiger partial charge is 0.351 e. The van der Waals surface area contributed by atoms with Gasteiger partial charge in [0.1, 0.15) is 10.3 Å². The van der Waals surface area contributed by atoms with Crippen molar-refractivity contribution in [1.29, 1.82) is 0 Å². The van der Waals surface area contributed by atoms with Crippen LogP contribution in [0.2, 0.25) is 5.02 Å². The van der Waals surface area contributed by atoms with Crippen LogP contribution in [-0.2, 0) is 34.3 Å². The summed E-state index contributed by atoms with van der Waals surface area (Å²) in [6.07, 6.45) is 0.341. The monoisotopic (exact) mass is 446 g/mol. The van der Waals surface area contributed by atoms with Gasteiger partial charge in [0.15, 0.2) is 0 Å². The lowest BCUT2D eigenvalue weighted by atomic mass is 9.95. The SMILES string of the molecule is O=C(NCc1ccc(Cl)cc1)[C@H]1Cc2ccccc2CN1S(=O)(=O)c1cccs1. The molecule has 0 spiro atoms. The van der Waals surface area contributed by atoms with Gasteiger partial charge in [-0.25, -0.2) is 8.42 Å². The lowest BCUT2D eigenvalue weighted by Gasteiger charge is -2.34. The van der Waals surface area contributed by atoms with Crippen molar-refractivity contribution in [3.8, 4) is 0 Å². The van der Waals surface area contributed by atoms with Gasteiger partial charge in [-0.15, -0.1) is 11.3 Å². The molecular formula is C21H19ClN2O3S2. The molecule has 0 fully saturated rings. The van der Waals surface area contributed by atoms with Gasteiger partial charge in [0.25, 0.3) is 10.0 Å². The maximum atomic E-state index is 13.2. The van der Waals surface area contributed by atoms with Gasteiger partial charge in [-0.05, 0) is 46.7 Å². The molecule has 0 unspecified atom stereocenters. The number of fused-ring (bicyclic) bond motifs is 1. The van der Waals surface area contributed by atoms with Crippen molar-refractivity contribution in [1.82, 2.24) is 9.62 Å². The van der Waals surface area contributed by atoms with Crippen LogP contribution in [0.1, 0.15) is 16.7 Å². The standard InChI is InChI=1S/C21H19ClN2O3S2/c22-18-9-7-15(8-10-18)13-23-21(25)19-12-16-4-1-2-5-17(16)14-24(19)29(26,27)20-6-3-11-28-20/h1-11,19H,12-14H2,(H,23,25)/t19-/m1/s1. The molecule has 150 valence electrons. The Labute approximate surface area is 179 Å². The van der Waals surface area contributed by atoms with E-state index in [9.17, 15) is 13.2 Å². The predicted molar refractivity (Wildman–Crippen MR) is 114 cm³/mol. The molecule has 0 bridgehead atoms. The second-order valence-electron chi connectivity index (χ2n) is 6.82. The number of carbonyl (C=O) groups is 1. The molecule has 0 radical (unpaired) electrons. The molecular weight excluding hydrogens is 428 g/mol. The Morgan fingerprint density at radius 3 is 2.48 bits per heavy atom. The van der Waals surface area contributed by atoms with Crippen molar-refractivity contribution in [3.63, 3.8) is 0 Å². The number of hydrogen-bond acceptors (Lipinski definition) is 4. The minimum Gasteiger partial charge on any atom is -0.351 e. The summed E-state index contributed by atoms with van der Waals surface area (Å²) in [6, 6.07) is 17.3. The highest BCUT2D eigenvalue weighted by Crippen LogP contribution is 2.31. The number of benzene rings is 2. The fraction of sp³-hybridized carbons (Fsp3) is 0.190. The number of rotatable bonds is 5. The fourth-order valence-electron chi connectivity index (χ4n) is 3.41. The van der Waals surface area contributed by atoms with Crippen molar-refractivity contribution in [2.24, 2.45) is 0 Å². The first-order chi connectivity index (χ1) is 13.9. The highest BCUT2D eigenvalue weighted by Gasteiger charge is 2.39.